The number of nitrogens with zero attached hydrogens (tertiary/aromatic N) is 2. The van der Waals surface area contributed by atoms with E-state index < -0.39 is 5.92 Å². The summed E-state index contributed by atoms with van der Waals surface area (Å²) in [5.41, 5.74) is 6.66. The van der Waals surface area contributed by atoms with Crippen LogP contribution in [0.3, 0.4) is 0 Å². The molecule has 0 spiro atoms. The van der Waals surface area contributed by atoms with Crippen LogP contribution < -0.4 is 5.32 Å². The summed E-state index contributed by atoms with van der Waals surface area (Å²) in [6.45, 7) is 16.7. The van der Waals surface area contributed by atoms with Gasteiger partial charge in [-0.1, -0.05) is 69.0 Å². The minimum absolute atomic E-state index is 0.147. The first kappa shape index (κ1) is 33.4. The maximum atomic E-state index is 13.9. The Kier molecular flexibility index (Phi) is 12.9. The van der Waals surface area contributed by atoms with Crippen molar-refractivity contribution < 1.29 is 13.2 Å². The highest BCUT2D eigenvalue weighted by atomic mass is 19.3. The number of halogens is 3. The zero-order chi connectivity index (χ0) is 30.6. The van der Waals surface area contributed by atoms with Gasteiger partial charge in [0.1, 0.15) is 5.82 Å². The molecule has 6 heteroatoms. The van der Waals surface area contributed by atoms with Crippen molar-refractivity contribution in [2.24, 2.45) is 0 Å². The van der Waals surface area contributed by atoms with Gasteiger partial charge in [0.15, 0.2) is 0 Å². The lowest BCUT2D eigenvalue weighted by atomic mass is 10.0. The lowest BCUT2D eigenvalue weighted by Crippen LogP contribution is -2.17. The van der Waals surface area contributed by atoms with Crippen molar-refractivity contribution in [3.8, 4) is 11.3 Å². The number of hydrogen-bond donors (Lipinski definition) is 1. The Morgan fingerprint density at radius 2 is 1.61 bits per heavy atom. The molecule has 41 heavy (non-hydrogen) atoms. The second-order valence-corrected chi connectivity index (χ2v) is 9.74. The van der Waals surface area contributed by atoms with Crippen molar-refractivity contribution in [2.75, 3.05) is 7.05 Å². The van der Waals surface area contributed by atoms with E-state index in [4.69, 9.17) is 0 Å². The van der Waals surface area contributed by atoms with Crippen LogP contribution in [0.25, 0.3) is 28.4 Å². The van der Waals surface area contributed by atoms with Gasteiger partial charge in [0.05, 0.1) is 22.4 Å². The van der Waals surface area contributed by atoms with Crippen LogP contribution in [-0.4, -0.2) is 22.9 Å². The average molecular weight is 562 g/mol. The van der Waals surface area contributed by atoms with Crippen LogP contribution in [0, 0.1) is 12.7 Å². The maximum absolute atomic E-state index is 13.9. The third-order valence-electron chi connectivity index (χ3n) is 6.65. The first-order valence-electron chi connectivity index (χ1n) is 14.0. The Balaban J connectivity index is 0.000000378. The second kappa shape index (κ2) is 15.9. The summed E-state index contributed by atoms with van der Waals surface area (Å²) in [6, 6.07) is 20.6. The molecule has 1 atom stereocenters. The molecule has 3 aromatic carbocycles. The van der Waals surface area contributed by atoms with E-state index >= 15 is 0 Å². The Bertz CT molecular complexity index is 1410. The second-order valence-electron chi connectivity index (χ2n) is 9.74. The van der Waals surface area contributed by atoms with Gasteiger partial charge in [-0.25, -0.2) is 23.1 Å². The van der Waals surface area contributed by atoms with Crippen LogP contribution in [0.15, 0.2) is 85.5 Å². The molecule has 4 aromatic rings. The van der Waals surface area contributed by atoms with Gasteiger partial charge in [0.2, 0.25) is 0 Å². The molecule has 0 aliphatic carbocycles. The molecule has 1 unspecified atom stereocenters. The monoisotopic (exact) mass is 561 g/mol. The van der Waals surface area contributed by atoms with Crippen LogP contribution in [0.1, 0.15) is 69.0 Å². The fourth-order valence-corrected chi connectivity index (χ4v) is 3.96. The van der Waals surface area contributed by atoms with E-state index in [1.54, 1.807) is 18.2 Å². The summed E-state index contributed by atoms with van der Waals surface area (Å²) >= 11 is 0. The molecule has 1 N–H and O–H groups in total. The Hall–Kier alpha value is -3.77. The number of allylic oxidation sites excluding steroid dienone is 1. The standard InChI is InChI=1S/C23H21F3N2.C10H15N.C2H6/c1-4-16-7-12-19-21(14-16)27-20(6-5-13-23(25,26)15(2)3)22(28-19)17-8-10-18(24)11-9-17;1-8-4-6-10(7-5-8)9(2)11-3;1-2/h4,7-12,14H,1-2,5-6,13H2,3H3;4-7,9,11H,1-3H3;1-2H3. The number of fused-ring (bicyclic) bond motifs is 1. The summed E-state index contributed by atoms with van der Waals surface area (Å²) in [5, 5.41) is 3.20. The predicted molar refractivity (Wildman–Crippen MR) is 168 cm³/mol. The van der Waals surface area contributed by atoms with Gasteiger partial charge in [0.25, 0.3) is 5.92 Å². The molecule has 0 saturated carbocycles. The van der Waals surface area contributed by atoms with Crippen LogP contribution in [0.2, 0.25) is 0 Å². The zero-order valence-electron chi connectivity index (χ0n) is 25.1. The molecule has 218 valence electrons. The summed E-state index contributed by atoms with van der Waals surface area (Å²) in [7, 11) is 1.98. The van der Waals surface area contributed by atoms with E-state index in [1.807, 2.05) is 39.1 Å². The van der Waals surface area contributed by atoms with Crippen LogP contribution in [-0.2, 0) is 6.42 Å². The highest BCUT2D eigenvalue weighted by Crippen LogP contribution is 2.30. The van der Waals surface area contributed by atoms with Crippen molar-refractivity contribution >= 4 is 17.1 Å². The van der Waals surface area contributed by atoms with E-state index in [2.05, 4.69) is 66.6 Å². The third-order valence-corrected chi connectivity index (χ3v) is 6.65. The number of rotatable bonds is 9. The van der Waals surface area contributed by atoms with Gasteiger partial charge in [0, 0.05) is 18.0 Å². The Labute approximate surface area is 243 Å². The quantitative estimate of drug-likeness (QED) is 0.207. The molecule has 0 radical (unpaired) electrons. The number of benzene rings is 3. The Morgan fingerprint density at radius 1 is 0.976 bits per heavy atom. The van der Waals surface area contributed by atoms with Gasteiger partial charge < -0.3 is 5.32 Å². The Morgan fingerprint density at radius 3 is 2.17 bits per heavy atom. The smallest absolute Gasteiger partial charge is 0.268 e. The highest BCUT2D eigenvalue weighted by molar-refractivity contribution is 5.80. The summed E-state index contributed by atoms with van der Waals surface area (Å²) in [5.74, 6) is -3.26. The molecule has 1 heterocycles. The summed E-state index contributed by atoms with van der Waals surface area (Å²) in [6.07, 6.45) is 1.96. The lowest BCUT2D eigenvalue weighted by molar-refractivity contribution is 0.0308. The van der Waals surface area contributed by atoms with Gasteiger partial charge in [-0.3, -0.25) is 0 Å². The van der Waals surface area contributed by atoms with Crippen LogP contribution >= 0.6 is 0 Å². The van der Waals surface area contributed by atoms with Crippen molar-refractivity contribution in [2.45, 2.75) is 65.8 Å². The van der Waals surface area contributed by atoms with Gasteiger partial charge in [-0.15, -0.1) is 0 Å². The van der Waals surface area contributed by atoms with E-state index in [0.29, 0.717) is 40.4 Å². The lowest BCUT2D eigenvalue weighted by Gasteiger charge is -2.16. The molecule has 0 saturated heterocycles. The molecular weight excluding hydrogens is 519 g/mol. The minimum Gasteiger partial charge on any atom is -0.313 e. The number of alkyl halides is 2. The number of nitrogens with one attached hydrogen (secondary N) is 1. The molecule has 3 nitrogen and oxygen atoms in total. The molecule has 0 fully saturated rings. The SMILES string of the molecule is C=Cc1ccc2nc(-c3ccc(F)cc3)c(CCCC(F)(F)C(=C)C)nc2c1.CC.CNC(C)c1ccc(C)cc1. The molecule has 0 aliphatic heterocycles. The van der Waals surface area contributed by atoms with E-state index in [1.165, 1.54) is 30.2 Å². The molecule has 4 rings (SSSR count). The third kappa shape index (κ3) is 9.68. The minimum atomic E-state index is -2.91. The first-order chi connectivity index (χ1) is 19.5. The summed E-state index contributed by atoms with van der Waals surface area (Å²) in [4.78, 5) is 9.35. The first-order valence-corrected chi connectivity index (χ1v) is 14.0. The normalized spacial score (nSPS) is 11.5. The van der Waals surface area contributed by atoms with Crippen molar-refractivity contribution in [3.05, 3.63) is 114 Å². The largest absolute Gasteiger partial charge is 0.313 e. The van der Waals surface area contributed by atoms with Gasteiger partial charge in [-0.2, -0.15) is 0 Å². The molecule has 0 bridgehead atoms. The highest BCUT2D eigenvalue weighted by Gasteiger charge is 2.29. The van der Waals surface area contributed by atoms with E-state index in [-0.39, 0.29) is 24.2 Å². The fraction of sp³-hybridized carbons (Fsp3) is 0.314. The fourth-order valence-electron chi connectivity index (χ4n) is 3.96. The average Bonchev–Trinajstić information content (AvgIpc) is 2.98. The van der Waals surface area contributed by atoms with Crippen molar-refractivity contribution in [1.29, 1.82) is 0 Å². The zero-order valence-corrected chi connectivity index (χ0v) is 25.1. The van der Waals surface area contributed by atoms with Crippen LogP contribution in [0.4, 0.5) is 13.2 Å². The van der Waals surface area contributed by atoms with Gasteiger partial charge in [-0.05, 0) is 93.8 Å². The molecule has 0 amide bonds. The summed E-state index contributed by atoms with van der Waals surface area (Å²) < 4.78 is 41.1. The number of aromatic nitrogens is 2. The topological polar surface area (TPSA) is 37.8 Å². The number of hydrogen-bond acceptors (Lipinski definition) is 3. The molecular formula is C35H42F3N3. The van der Waals surface area contributed by atoms with Crippen molar-refractivity contribution in [1.82, 2.24) is 15.3 Å². The number of aryl methyl sites for hydroxylation is 2. The van der Waals surface area contributed by atoms with E-state index in [9.17, 15) is 13.2 Å². The molecule has 0 aliphatic rings. The van der Waals surface area contributed by atoms with Gasteiger partial charge >= 0.3 is 0 Å². The maximum Gasteiger partial charge on any atom is 0.268 e. The van der Waals surface area contributed by atoms with Crippen LogP contribution in [0.5, 0.6) is 0 Å². The van der Waals surface area contributed by atoms with Crippen molar-refractivity contribution in [3.63, 3.8) is 0 Å². The predicted octanol–water partition coefficient (Wildman–Crippen LogP) is 9.91. The molecule has 1 aromatic heterocycles. The van der Waals surface area contributed by atoms with E-state index in [0.717, 1.165) is 5.56 Å².